The van der Waals surface area contributed by atoms with Crippen LogP contribution in [0.25, 0.3) is 0 Å². The molecule has 0 aliphatic heterocycles. The van der Waals surface area contributed by atoms with Gasteiger partial charge in [-0.1, -0.05) is 42.5 Å². The number of ether oxygens (including phenoxy) is 1. The minimum absolute atomic E-state index is 0.115. The summed E-state index contributed by atoms with van der Waals surface area (Å²) in [7, 11) is 1.35. The molecule has 0 bridgehead atoms. The fraction of sp³-hybridized carbons (Fsp3) is 0.235. The van der Waals surface area contributed by atoms with Crippen molar-refractivity contribution in [2.45, 2.75) is 19.0 Å². The summed E-state index contributed by atoms with van der Waals surface area (Å²) in [5.41, 5.74) is 0.696. The van der Waals surface area contributed by atoms with Crippen molar-refractivity contribution in [3.63, 3.8) is 0 Å². The van der Waals surface area contributed by atoms with Crippen LogP contribution in [-0.2, 0) is 21.6 Å². The van der Waals surface area contributed by atoms with E-state index < -0.39 is 11.5 Å². The molecule has 0 saturated heterocycles. The van der Waals surface area contributed by atoms with E-state index in [4.69, 9.17) is 4.74 Å². The molecule has 110 valence electrons. The van der Waals surface area contributed by atoms with Crippen LogP contribution in [0.4, 0.5) is 0 Å². The van der Waals surface area contributed by atoms with Crippen LogP contribution in [0.15, 0.2) is 54.6 Å². The summed E-state index contributed by atoms with van der Waals surface area (Å²) in [6, 6.07) is 16.4. The van der Waals surface area contributed by atoms with Crippen LogP contribution in [0.5, 0.6) is 5.75 Å². The first-order chi connectivity index (χ1) is 10.1. The lowest BCUT2D eigenvalue weighted by atomic mass is 9.91. The zero-order chi connectivity index (χ0) is 15.3. The standard InChI is InChI=1S/C17H19NO3/c1-17(16(20)21-2,14-9-6-10-15(19)11-14)18-12-13-7-4-3-5-8-13/h3-11,18-19H,12H2,1-2H3. The number of phenolic OH excluding ortho intramolecular Hbond substituents is 1. The number of carbonyl (C=O) groups excluding carboxylic acids is 1. The Balaban J connectivity index is 2.27. The third kappa shape index (κ3) is 3.41. The van der Waals surface area contributed by atoms with Crippen LogP contribution < -0.4 is 5.32 Å². The summed E-state index contributed by atoms with van der Waals surface area (Å²) in [6.45, 7) is 2.26. The first-order valence-corrected chi connectivity index (χ1v) is 6.73. The van der Waals surface area contributed by atoms with E-state index in [1.54, 1.807) is 31.2 Å². The highest BCUT2D eigenvalue weighted by atomic mass is 16.5. The molecule has 0 saturated carbocycles. The molecule has 4 heteroatoms. The molecule has 0 heterocycles. The SMILES string of the molecule is COC(=O)C(C)(NCc1ccccc1)c1cccc(O)c1. The van der Waals surface area contributed by atoms with Crippen molar-refractivity contribution in [2.75, 3.05) is 7.11 Å². The second kappa shape index (κ2) is 6.41. The van der Waals surface area contributed by atoms with Crippen molar-refractivity contribution in [3.05, 3.63) is 65.7 Å². The molecule has 0 aromatic heterocycles. The smallest absolute Gasteiger partial charge is 0.330 e. The average Bonchev–Trinajstić information content (AvgIpc) is 2.52. The third-order valence-corrected chi connectivity index (χ3v) is 3.51. The van der Waals surface area contributed by atoms with E-state index in [-0.39, 0.29) is 5.75 Å². The molecule has 0 fully saturated rings. The van der Waals surface area contributed by atoms with Gasteiger partial charge in [-0.05, 0) is 30.2 Å². The van der Waals surface area contributed by atoms with Gasteiger partial charge in [-0.2, -0.15) is 0 Å². The second-order valence-corrected chi connectivity index (χ2v) is 5.01. The fourth-order valence-electron chi connectivity index (χ4n) is 2.19. The largest absolute Gasteiger partial charge is 0.508 e. The van der Waals surface area contributed by atoms with Gasteiger partial charge >= 0.3 is 5.97 Å². The normalized spacial score (nSPS) is 13.4. The minimum atomic E-state index is -1.02. The molecule has 2 rings (SSSR count). The van der Waals surface area contributed by atoms with Crippen LogP contribution >= 0.6 is 0 Å². The fourth-order valence-corrected chi connectivity index (χ4v) is 2.19. The molecule has 2 N–H and O–H groups in total. The predicted octanol–water partition coefficient (Wildman–Crippen LogP) is 2.57. The van der Waals surface area contributed by atoms with Crippen LogP contribution in [0.1, 0.15) is 18.1 Å². The highest BCUT2D eigenvalue weighted by Crippen LogP contribution is 2.26. The Morgan fingerprint density at radius 3 is 2.52 bits per heavy atom. The second-order valence-electron chi connectivity index (χ2n) is 5.01. The average molecular weight is 285 g/mol. The molecule has 1 unspecified atom stereocenters. The first-order valence-electron chi connectivity index (χ1n) is 6.73. The van der Waals surface area contributed by atoms with Gasteiger partial charge in [0.15, 0.2) is 0 Å². The number of esters is 1. The number of carbonyl (C=O) groups is 1. The number of phenols is 1. The molecule has 21 heavy (non-hydrogen) atoms. The summed E-state index contributed by atoms with van der Waals surface area (Å²) in [4.78, 5) is 12.2. The lowest BCUT2D eigenvalue weighted by molar-refractivity contribution is -0.148. The molecule has 2 aromatic rings. The molecule has 0 radical (unpaired) electrons. The number of rotatable bonds is 5. The molecule has 0 amide bonds. The topological polar surface area (TPSA) is 58.6 Å². The molecule has 2 aromatic carbocycles. The number of hydrogen-bond acceptors (Lipinski definition) is 4. The Morgan fingerprint density at radius 2 is 1.90 bits per heavy atom. The maximum Gasteiger partial charge on any atom is 0.330 e. The number of nitrogens with one attached hydrogen (secondary N) is 1. The Bertz CT molecular complexity index is 612. The van der Waals surface area contributed by atoms with E-state index in [1.807, 2.05) is 30.3 Å². The van der Waals surface area contributed by atoms with E-state index in [1.165, 1.54) is 7.11 Å². The summed E-state index contributed by atoms with van der Waals surface area (Å²) >= 11 is 0. The Hall–Kier alpha value is -2.33. The lowest BCUT2D eigenvalue weighted by Crippen LogP contribution is -2.47. The summed E-state index contributed by atoms with van der Waals surface area (Å²) < 4.78 is 4.92. The van der Waals surface area contributed by atoms with Gasteiger partial charge in [0.05, 0.1) is 7.11 Å². The lowest BCUT2D eigenvalue weighted by Gasteiger charge is -2.28. The van der Waals surface area contributed by atoms with Crippen molar-refractivity contribution >= 4 is 5.97 Å². The van der Waals surface area contributed by atoms with Crippen molar-refractivity contribution in [3.8, 4) is 5.75 Å². The monoisotopic (exact) mass is 285 g/mol. The quantitative estimate of drug-likeness (QED) is 0.829. The van der Waals surface area contributed by atoms with Crippen molar-refractivity contribution in [1.82, 2.24) is 5.32 Å². The van der Waals surface area contributed by atoms with Gasteiger partial charge in [0.1, 0.15) is 11.3 Å². The van der Waals surface area contributed by atoms with E-state index >= 15 is 0 Å². The third-order valence-electron chi connectivity index (χ3n) is 3.51. The maximum atomic E-state index is 12.2. The van der Waals surface area contributed by atoms with E-state index in [2.05, 4.69) is 5.32 Å². The summed E-state index contributed by atoms with van der Waals surface area (Å²) in [6.07, 6.45) is 0. The van der Waals surface area contributed by atoms with Gasteiger partial charge in [0.25, 0.3) is 0 Å². The summed E-state index contributed by atoms with van der Waals surface area (Å²) in [5.74, 6) is -0.284. The van der Waals surface area contributed by atoms with Crippen LogP contribution in [0.2, 0.25) is 0 Å². The predicted molar refractivity (Wildman–Crippen MR) is 80.8 cm³/mol. The number of hydrogen-bond donors (Lipinski definition) is 2. The molecule has 1 atom stereocenters. The van der Waals surface area contributed by atoms with Crippen molar-refractivity contribution in [1.29, 1.82) is 0 Å². The Morgan fingerprint density at radius 1 is 1.19 bits per heavy atom. The minimum Gasteiger partial charge on any atom is -0.508 e. The summed E-state index contributed by atoms with van der Waals surface area (Å²) in [5, 5.41) is 12.9. The van der Waals surface area contributed by atoms with Gasteiger partial charge in [-0.15, -0.1) is 0 Å². The van der Waals surface area contributed by atoms with Gasteiger partial charge < -0.3 is 9.84 Å². The Labute approximate surface area is 124 Å². The van der Waals surface area contributed by atoms with E-state index in [0.29, 0.717) is 12.1 Å². The number of methoxy groups -OCH3 is 1. The Kier molecular flexibility index (Phi) is 4.60. The molecule has 4 nitrogen and oxygen atoms in total. The highest BCUT2D eigenvalue weighted by molar-refractivity contribution is 5.82. The van der Waals surface area contributed by atoms with Gasteiger partial charge in [-0.3, -0.25) is 5.32 Å². The van der Waals surface area contributed by atoms with Crippen LogP contribution in [0.3, 0.4) is 0 Å². The highest BCUT2D eigenvalue weighted by Gasteiger charge is 2.36. The zero-order valence-corrected chi connectivity index (χ0v) is 12.2. The zero-order valence-electron chi connectivity index (χ0n) is 12.2. The van der Waals surface area contributed by atoms with E-state index in [9.17, 15) is 9.90 Å². The van der Waals surface area contributed by atoms with Crippen LogP contribution in [0, 0.1) is 0 Å². The van der Waals surface area contributed by atoms with Gasteiger partial charge in [0, 0.05) is 6.54 Å². The van der Waals surface area contributed by atoms with Gasteiger partial charge in [-0.25, -0.2) is 4.79 Å². The first kappa shape index (κ1) is 15.1. The molecule has 0 spiro atoms. The van der Waals surface area contributed by atoms with Crippen LogP contribution in [-0.4, -0.2) is 18.2 Å². The molecular weight excluding hydrogens is 266 g/mol. The number of benzene rings is 2. The van der Waals surface area contributed by atoms with Crippen molar-refractivity contribution < 1.29 is 14.6 Å². The molecule has 0 aliphatic rings. The maximum absolute atomic E-state index is 12.2. The van der Waals surface area contributed by atoms with Crippen molar-refractivity contribution in [2.24, 2.45) is 0 Å². The molecule has 0 aliphatic carbocycles. The molecular formula is C17H19NO3. The van der Waals surface area contributed by atoms with Gasteiger partial charge in [0.2, 0.25) is 0 Å². The van der Waals surface area contributed by atoms with E-state index in [0.717, 1.165) is 5.56 Å². The number of aromatic hydroxyl groups is 1.